The first-order valence-electron chi connectivity index (χ1n) is 10.4. The summed E-state index contributed by atoms with van der Waals surface area (Å²) in [6.45, 7) is 11.4. The van der Waals surface area contributed by atoms with Gasteiger partial charge in [0.1, 0.15) is 5.76 Å². The van der Waals surface area contributed by atoms with E-state index in [1.807, 2.05) is 13.8 Å². The maximum Gasteiger partial charge on any atom is 0.214 e. The van der Waals surface area contributed by atoms with Crippen molar-refractivity contribution in [2.75, 3.05) is 19.6 Å². The molecular weight excluding hydrogens is 350 g/mol. The fraction of sp³-hybridized carbons (Fsp3) is 0.545. The summed E-state index contributed by atoms with van der Waals surface area (Å²) in [7, 11) is 0. The van der Waals surface area contributed by atoms with Gasteiger partial charge < -0.3 is 15.1 Å². The van der Waals surface area contributed by atoms with E-state index in [0.717, 1.165) is 30.5 Å². The number of piperidine rings is 1. The number of nitrogens with one attached hydrogen (secondary N) is 2. The Morgan fingerprint density at radius 2 is 1.86 bits per heavy atom. The summed E-state index contributed by atoms with van der Waals surface area (Å²) in [5, 5.41) is 6.63. The molecule has 2 aromatic rings. The fourth-order valence-corrected chi connectivity index (χ4v) is 3.50. The first-order chi connectivity index (χ1) is 13.7. The van der Waals surface area contributed by atoms with Crippen molar-refractivity contribution in [2.24, 2.45) is 4.99 Å². The number of aromatic nitrogens is 1. The Balaban J connectivity index is 1.63. The van der Waals surface area contributed by atoms with Crippen LogP contribution in [0.2, 0.25) is 0 Å². The van der Waals surface area contributed by atoms with Crippen LogP contribution in [0.3, 0.4) is 0 Å². The molecule has 0 atom stereocenters. The van der Waals surface area contributed by atoms with E-state index in [4.69, 9.17) is 9.41 Å². The number of nitrogens with zero attached hydrogens (tertiary/aromatic N) is 3. The van der Waals surface area contributed by atoms with Crippen LogP contribution in [-0.2, 0) is 19.6 Å². The maximum absolute atomic E-state index is 5.65. The number of aliphatic imine (C=N–C) groups is 1. The van der Waals surface area contributed by atoms with Gasteiger partial charge in [0.25, 0.3) is 0 Å². The summed E-state index contributed by atoms with van der Waals surface area (Å²) in [6.07, 6.45) is 3.99. The zero-order valence-corrected chi connectivity index (χ0v) is 17.4. The summed E-state index contributed by atoms with van der Waals surface area (Å²) < 4.78 is 5.65. The van der Waals surface area contributed by atoms with E-state index in [1.54, 1.807) is 0 Å². The Labute approximate surface area is 168 Å². The lowest BCUT2D eigenvalue weighted by molar-refractivity contribution is 0.220. The third-order valence-electron chi connectivity index (χ3n) is 5.19. The Hall–Kier alpha value is -2.34. The minimum Gasteiger partial charge on any atom is -0.444 e. The number of benzene rings is 1. The lowest BCUT2D eigenvalue weighted by atomic mass is 10.1. The summed E-state index contributed by atoms with van der Waals surface area (Å²) in [4.78, 5) is 11.8. The van der Waals surface area contributed by atoms with Crippen LogP contribution in [0.25, 0.3) is 0 Å². The van der Waals surface area contributed by atoms with Gasteiger partial charge in [-0.15, -0.1) is 0 Å². The van der Waals surface area contributed by atoms with Gasteiger partial charge in [-0.3, -0.25) is 4.90 Å². The minimum absolute atomic E-state index is 0.524. The third kappa shape index (κ3) is 5.83. The Bertz CT molecular complexity index is 757. The number of aryl methyl sites for hydroxylation is 2. The molecule has 0 bridgehead atoms. The van der Waals surface area contributed by atoms with Crippen LogP contribution < -0.4 is 10.6 Å². The summed E-state index contributed by atoms with van der Waals surface area (Å²) >= 11 is 0. The van der Waals surface area contributed by atoms with Crippen molar-refractivity contribution < 1.29 is 4.42 Å². The second-order valence-corrected chi connectivity index (χ2v) is 7.40. The smallest absolute Gasteiger partial charge is 0.214 e. The second-order valence-electron chi connectivity index (χ2n) is 7.40. The summed E-state index contributed by atoms with van der Waals surface area (Å²) in [6, 6.07) is 8.65. The highest BCUT2D eigenvalue weighted by Gasteiger charge is 2.12. The predicted molar refractivity (Wildman–Crippen MR) is 113 cm³/mol. The fourth-order valence-electron chi connectivity index (χ4n) is 3.50. The standard InChI is InChI=1S/C22H33N5O/c1-4-23-22(25-15-21-26-17(2)18(3)28-21)24-14-19-10-6-7-11-20(19)16-27-12-8-5-9-13-27/h6-7,10-11H,4-5,8-9,12-16H2,1-3H3,(H2,23,24,25). The largest absolute Gasteiger partial charge is 0.444 e. The van der Waals surface area contributed by atoms with Crippen molar-refractivity contribution >= 4 is 5.96 Å². The predicted octanol–water partition coefficient (Wildman–Crippen LogP) is 3.53. The number of guanidine groups is 1. The molecule has 6 heteroatoms. The van der Waals surface area contributed by atoms with E-state index in [2.05, 4.69) is 51.7 Å². The highest BCUT2D eigenvalue weighted by Crippen LogP contribution is 2.17. The molecule has 1 aromatic heterocycles. The summed E-state index contributed by atoms with van der Waals surface area (Å²) in [5.74, 6) is 2.33. The molecule has 6 nitrogen and oxygen atoms in total. The monoisotopic (exact) mass is 383 g/mol. The molecular formula is C22H33N5O. The van der Waals surface area contributed by atoms with Gasteiger partial charge in [-0.05, 0) is 57.8 Å². The van der Waals surface area contributed by atoms with Gasteiger partial charge in [-0.25, -0.2) is 9.98 Å². The molecule has 1 fully saturated rings. The topological polar surface area (TPSA) is 65.7 Å². The van der Waals surface area contributed by atoms with Crippen LogP contribution >= 0.6 is 0 Å². The van der Waals surface area contributed by atoms with Crippen LogP contribution in [0.15, 0.2) is 33.7 Å². The summed E-state index contributed by atoms with van der Waals surface area (Å²) in [5.41, 5.74) is 3.60. The molecule has 0 amide bonds. The lowest BCUT2D eigenvalue weighted by Gasteiger charge is -2.27. The molecule has 2 heterocycles. The third-order valence-corrected chi connectivity index (χ3v) is 5.19. The molecule has 0 aliphatic carbocycles. The Morgan fingerprint density at radius 1 is 1.11 bits per heavy atom. The van der Waals surface area contributed by atoms with E-state index in [1.165, 1.54) is 43.5 Å². The van der Waals surface area contributed by atoms with Crippen LogP contribution in [-0.4, -0.2) is 35.5 Å². The van der Waals surface area contributed by atoms with E-state index in [9.17, 15) is 0 Å². The number of likely N-dealkylation sites (tertiary alicyclic amines) is 1. The van der Waals surface area contributed by atoms with Gasteiger partial charge in [0.2, 0.25) is 5.89 Å². The molecule has 2 N–H and O–H groups in total. The molecule has 0 spiro atoms. The van der Waals surface area contributed by atoms with Gasteiger partial charge in [-0.1, -0.05) is 30.7 Å². The molecule has 28 heavy (non-hydrogen) atoms. The first-order valence-corrected chi connectivity index (χ1v) is 10.4. The average molecular weight is 384 g/mol. The molecule has 152 valence electrons. The molecule has 0 radical (unpaired) electrons. The molecule has 1 aliphatic heterocycles. The first kappa shape index (κ1) is 20.4. The maximum atomic E-state index is 5.65. The molecule has 1 aromatic carbocycles. The van der Waals surface area contributed by atoms with Crippen molar-refractivity contribution in [1.82, 2.24) is 20.5 Å². The highest BCUT2D eigenvalue weighted by molar-refractivity contribution is 5.79. The molecule has 0 saturated carbocycles. The number of hydrogen-bond donors (Lipinski definition) is 2. The molecule has 1 aliphatic rings. The van der Waals surface area contributed by atoms with Crippen LogP contribution in [0.4, 0.5) is 0 Å². The van der Waals surface area contributed by atoms with E-state index in [0.29, 0.717) is 19.0 Å². The van der Waals surface area contributed by atoms with Crippen LogP contribution in [0, 0.1) is 13.8 Å². The van der Waals surface area contributed by atoms with Crippen LogP contribution in [0.1, 0.15) is 54.7 Å². The van der Waals surface area contributed by atoms with Crippen molar-refractivity contribution in [1.29, 1.82) is 0 Å². The van der Waals surface area contributed by atoms with Gasteiger partial charge in [-0.2, -0.15) is 0 Å². The molecule has 0 unspecified atom stereocenters. The van der Waals surface area contributed by atoms with Gasteiger partial charge in [0.05, 0.1) is 18.8 Å². The van der Waals surface area contributed by atoms with Gasteiger partial charge in [0.15, 0.2) is 5.96 Å². The number of hydrogen-bond acceptors (Lipinski definition) is 4. The average Bonchev–Trinajstić information content (AvgIpc) is 3.03. The SMILES string of the molecule is CCNC(=NCc1ccccc1CN1CCCCC1)NCc1nc(C)c(C)o1. The zero-order chi connectivity index (χ0) is 19.8. The number of rotatable bonds is 7. The molecule has 1 saturated heterocycles. The van der Waals surface area contributed by atoms with E-state index < -0.39 is 0 Å². The molecule has 3 rings (SSSR count). The zero-order valence-electron chi connectivity index (χ0n) is 17.4. The number of oxazole rings is 1. The second kappa shape index (κ2) is 10.3. The van der Waals surface area contributed by atoms with E-state index >= 15 is 0 Å². The Morgan fingerprint density at radius 3 is 2.54 bits per heavy atom. The normalized spacial score (nSPS) is 15.6. The van der Waals surface area contributed by atoms with Crippen molar-refractivity contribution in [2.45, 2.75) is 59.7 Å². The lowest BCUT2D eigenvalue weighted by Crippen LogP contribution is -2.37. The van der Waals surface area contributed by atoms with E-state index in [-0.39, 0.29) is 0 Å². The van der Waals surface area contributed by atoms with Gasteiger partial charge in [0, 0.05) is 13.1 Å². The highest BCUT2D eigenvalue weighted by atomic mass is 16.4. The van der Waals surface area contributed by atoms with Crippen molar-refractivity contribution in [3.05, 3.63) is 52.7 Å². The Kier molecular flexibility index (Phi) is 7.48. The van der Waals surface area contributed by atoms with Gasteiger partial charge >= 0.3 is 0 Å². The quantitative estimate of drug-likeness (QED) is 0.566. The van der Waals surface area contributed by atoms with Crippen LogP contribution in [0.5, 0.6) is 0 Å². The van der Waals surface area contributed by atoms with Crippen molar-refractivity contribution in [3.63, 3.8) is 0 Å². The van der Waals surface area contributed by atoms with Crippen molar-refractivity contribution in [3.8, 4) is 0 Å². The minimum atomic E-state index is 0.524.